The quantitative estimate of drug-likeness (QED) is 0.311. The van der Waals surface area contributed by atoms with Crippen molar-refractivity contribution in [2.24, 2.45) is 4.99 Å². The lowest BCUT2D eigenvalue weighted by Crippen LogP contribution is -2.45. The average Bonchev–Trinajstić information content (AvgIpc) is 3.00. The highest BCUT2D eigenvalue weighted by molar-refractivity contribution is 14.0. The molecule has 158 valence electrons. The summed E-state index contributed by atoms with van der Waals surface area (Å²) in [6.07, 6.45) is -2.75. The van der Waals surface area contributed by atoms with E-state index in [1.807, 2.05) is 24.3 Å². The molecule has 1 amide bonds. The van der Waals surface area contributed by atoms with Crippen molar-refractivity contribution < 1.29 is 18.0 Å². The molecule has 0 bridgehead atoms. The van der Waals surface area contributed by atoms with Crippen LogP contribution in [0.5, 0.6) is 0 Å². The number of benzene rings is 1. The van der Waals surface area contributed by atoms with Crippen molar-refractivity contribution in [2.75, 3.05) is 38.5 Å². The highest BCUT2D eigenvalue weighted by Gasteiger charge is 2.34. The van der Waals surface area contributed by atoms with E-state index in [1.54, 1.807) is 7.05 Å². The largest absolute Gasteiger partial charge is 0.401 e. The summed E-state index contributed by atoms with van der Waals surface area (Å²) in [6, 6.07) is 7.52. The number of nitrogens with one attached hydrogen (secondary N) is 3. The summed E-state index contributed by atoms with van der Waals surface area (Å²) in [5.41, 5.74) is 1.85. The van der Waals surface area contributed by atoms with Crippen molar-refractivity contribution in [1.82, 2.24) is 15.5 Å². The molecular formula is C18H27F3IN5O. The van der Waals surface area contributed by atoms with Crippen LogP contribution in [0.2, 0.25) is 0 Å². The molecule has 0 aromatic heterocycles. The van der Waals surface area contributed by atoms with Gasteiger partial charge in [-0.05, 0) is 30.5 Å². The van der Waals surface area contributed by atoms with E-state index in [-0.39, 0.29) is 35.9 Å². The van der Waals surface area contributed by atoms with Gasteiger partial charge in [0.25, 0.3) is 0 Å². The van der Waals surface area contributed by atoms with Crippen LogP contribution in [-0.4, -0.2) is 62.2 Å². The molecule has 0 radical (unpaired) electrons. The van der Waals surface area contributed by atoms with Crippen LogP contribution in [0, 0.1) is 0 Å². The highest BCUT2D eigenvalue weighted by atomic mass is 127. The monoisotopic (exact) mass is 513 g/mol. The number of nitrogens with zero attached hydrogens (tertiary/aromatic N) is 2. The Morgan fingerprint density at radius 2 is 1.96 bits per heavy atom. The topological polar surface area (TPSA) is 68.8 Å². The molecule has 1 aliphatic rings. The second-order valence-electron chi connectivity index (χ2n) is 6.61. The summed E-state index contributed by atoms with van der Waals surface area (Å²) in [4.78, 5) is 16.5. The molecule has 3 N–H and O–H groups in total. The Labute approximate surface area is 180 Å². The van der Waals surface area contributed by atoms with E-state index < -0.39 is 12.7 Å². The number of alkyl halides is 3. The number of aliphatic imine (C=N–C) groups is 1. The SMILES string of the molecule is CN=C(NCCc1ccc(NC(C)=O)cc1)NC1CCN(CC(F)(F)F)C1.I. The lowest BCUT2D eigenvalue weighted by Gasteiger charge is -2.19. The van der Waals surface area contributed by atoms with Crippen LogP contribution >= 0.6 is 24.0 Å². The maximum Gasteiger partial charge on any atom is 0.401 e. The lowest BCUT2D eigenvalue weighted by molar-refractivity contribution is -0.143. The van der Waals surface area contributed by atoms with Crippen molar-refractivity contribution in [1.29, 1.82) is 0 Å². The van der Waals surface area contributed by atoms with E-state index in [4.69, 9.17) is 0 Å². The number of carbonyl (C=O) groups is 1. The Kier molecular flexibility index (Phi) is 10.0. The molecule has 28 heavy (non-hydrogen) atoms. The predicted octanol–water partition coefficient (Wildman–Crippen LogP) is 2.61. The van der Waals surface area contributed by atoms with Gasteiger partial charge >= 0.3 is 6.18 Å². The summed E-state index contributed by atoms with van der Waals surface area (Å²) in [5.74, 6) is 0.476. The Morgan fingerprint density at radius 3 is 2.54 bits per heavy atom. The molecule has 2 rings (SSSR count). The first-order chi connectivity index (χ1) is 12.7. The summed E-state index contributed by atoms with van der Waals surface area (Å²) < 4.78 is 37.4. The van der Waals surface area contributed by atoms with Crippen molar-refractivity contribution >= 4 is 41.5 Å². The second-order valence-corrected chi connectivity index (χ2v) is 6.61. The van der Waals surface area contributed by atoms with Gasteiger partial charge in [0.1, 0.15) is 0 Å². The second kappa shape index (κ2) is 11.4. The standard InChI is InChI=1S/C18H26F3N5O.HI/c1-13(27)24-15-5-3-14(4-6-15)7-9-23-17(22-2)25-16-8-10-26(11-16)12-18(19,20)21;/h3-6,16H,7-12H2,1-2H3,(H,24,27)(H2,22,23,25);1H. The van der Waals surface area contributed by atoms with Crippen LogP contribution in [0.1, 0.15) is 18.9 Å². The highest BCUT2D eigenvalue weighted by Crippen LogP contribution is 2.19. The van der Waals surface area contributed by atoms with Crippen LogP contribution in [0.25, 0.3) is 0 Å². The summed E-state index contributed by atoms with van der Waals surface area (Å²) in [6.45, 7) is 2.01. The van der Waals surface area contributed by atoms with Gasteiger partial charge in [-0.1, -0.05) is 12.1 Å². The van der Waals surface area contributed by atoms with Crippen molar-refractivity contribution in [3.8, 4) is 0 Å². The molecule has 1 heterocycles. The zero-order valence-corrected chi connectivity index (χ0v) is 18.3. The normalized spacial score (nSPS) is 17.8. The number of carbonyl (C=O) groups excluding carboxylic acids is 1. The van der Waals surface area contributed by atoms with Gasteiger partial charge in [-0.15, -0.1) is 24.0 Å². The minimum absolute atomic E-state index is 0. The van der Waals surface area contributed by atoms with Crippen molar-refractivity contribution in [2.45, 2.75) is 32.0 Å². The van der Waals surface area contributed by atoms with E-state index in [1.165, 1.54) is 11.8 Å². The molecule has 1 fully saturated rings. The van der Waals surface area contributed by atoms with Gasteiger partial charge in [0, 0.05) is 45.3 Å². The Balaban J connectivity index is 0.00000392. The average molecular weight is 513 g/mol. The first kappa shape index (κ1) is 24.5. The molecule has 6 nitrogen and oxygen atoms in total. The molecule has 10 heteroatoms. The van der Waals surface area contributed by atoms with Crippen molar-refractivity contribution in [3.05, 3.63) is 29.8 Å². The van der Waals surface area contributed by atoms with Gasteiger partial charge in [-0.25, -0.2) is 0 Å². The van der Waals surface area contributed by atoms with E-state index in [0.29, 0.717) is 32.0 Å². The fourth-order valence-corrected chi connectivity index (χ4v) is 3.02. The molecule has 1 atom stereocenters. The first-order valence-corrected chi connectivity index (χ1v) is 8.88. The van der Waals surface area contributed by atoms with Gasteiger partial charge in [0.2, 0.25) is 5.91 Å². The molecule has 1 unspecified atom stereocenters. The van der Waals surface area contributed by atoms with Crippen LogP contribution < -0.4 is 16.0 Å². The predicted molar refractivity (Wildman–Crippen MR) is 115 cm³/mol. The number of anilines is 1. The minimum Gasteiger partial charge on any atom is -0.356 e. The third-order valence-electron chi connectivity index (χ3n) is 4.22. The molecule has 1 saturated heterocycles. The van der Waals surface area contributed by atoms with E-state index in [0.717, 1.165) is 17.7 Å². The zero-order chi connectivity index (χ0) is 19.9. The maximum absolute atomic E-state index is 12.5. The van der Waals surface area contributed by atoms with Crippen LogP contribution in [0.3, 0.4) is 0 Å². The van der Waals surface area contributed by atoms with Gasteiger partial charge < -0.3 is 16.0 Å². The summed E-state index contributed by atoms with van der Waals surface area (Å²) in [5, 5.41) is 9.08. The van der Waals surface area contributed by atoms with Gasteiger partial charge in [-0.2, -0.15) is 13.2 Å². The number of rotatable bonds is 6. The number of likely N-dealkylation sites (tertiary alicyclic amines) is 1. The van der Waals surface area contributed by atoms with Crippen LogP contribution in [0.15, 0.2) is 29.3 Å². The third kappa shape index (κ3) is 9.09. The lowest BCUT2D eigenvalue weighted by atomic mass is 10.1. The molecular weight excluding hydrogens is 486 g/mol. The molecule has 1 aliphatic heterocycles. The first-order valence-electron chi connectivity index (χ1n) is 8.88. The van der Waals surface area contributed by atoms with Crippen LogP contribution in [-0.2, 0) is 11.2 Å². The smallest absolute Gasteiger partial charge is 0.356 e. The minimum atomic E-state index is -4.16. The summed E-state index contributed by atoms with van der Waals surface area (Å²) >= 11 is 0. The van der Waals surface area contributed by atoms with Gasteiger partial charge in [0.15, 0.2) is 5.96 Å². The van der Waals surface area contributed by atoms with Gasteiger partial charge in [-0.3, -0.25) is 14.7 Å². The fraction of sp³-hybridized carbons (Fsp3) is 0.556. The zero-order valence-electron chi connectivity index (χ0n) is 16.0. The van der Waals surface area contributed by atoms with E-state index in [2.05, 4.69) is 20.9 Å². The number of amides is 1. The van der Waals surface area contributed by atoms with E-state index >= 15 is 0 Å². The maximum atomic E-state index is 12.5. The summed E-state index contributed by atoms with van der Waals surface area (Å²) in [7, 11) is 1.64. The fourth-order valence-electron chi connectivity index (χ4n) is 3.02. The Hall–Kier alpha value is -1.56. The number of halogens is 4. The molecule has 1 aromatic rings. The number of hydrogen-bond acceptors (Lipinski definition) is 3. The third-order valence-corrected chi connectivity index (χ3v) is 4.22. The molecule has 0 aliphatic carbocycles. The van der Waals surface area contributed by atoms with Crippen LogP contribution in [0.4, 0.5) is 18.9 Å². The molecule has 1 aromatic carbocycles. The van der Waals surface area contributed by atoms with Crippen molar-refractivity contribution in [3.63, 3.8) is 0 Å². The Bertz CT molecular complexity index is 652. The van der Waals surface area contributed by atoms with Gasteiger partial charge in [0.05, 0.1) is 6.54 Å². The molecule has 0 saturated carbocycles. The van der Waals surface area contributed by atoms with E-state index in [9.17, 15) is 18.0 Å². The molecule has 0 spiro atoms. The number of guanidine groups is 1. The number of hydrogen-bond donors (Lipinski definition) is 3. The Morgan fingerprint density at radius 1 is 1.29 bits per heavy atom.